The number of nitrogens with one attached hydrogen (secondary N) is 1. The van der Waals surface area contributed by atoms with Gasteiger partial charge in [-0.25, -0.2) is 4.98 Å². The molecule has 0 spiro atoms. The molecule has 5 aromatic rings. The number of carbonyl (C=O) groups is 2. The van der Waals surface area contributed by atoms with Crippen molar-refractivity contribution in [3.05, 3.63) is 87.7 Å². The van der Waals surface area contributed by atoms with Gasteiger partial charge in [0.05, 0.1) is 23.1 Å². The second kappa shape index (κ2) is 10.4. The molecule has 1 aromatic carbocycles. The normalized spacial score (nSPS) is 15.9. The SMILES string of the molecule is CN(C)C(=O)c1ccc(C2CCN(Cc3cc4c(-n5ccc6n[nH]c(C(F)(F)F)c6c5=O)ccnc4n3C)C(=O)C2)cc1. The first kappa shape index (κ1) is 28.2. The Balaban J connectivity index is 1.26. The van der Waals surface area contributed by atoms with Gasteiger partial charge in [0, 0.05) is 63.1 Å². The molecule has 5 heterocycles. The van der Waals surface area contributed by atoms with Crippen LogP contribution in [-0.2, 0) is 24.6 Å². The minimum absolute atomic E-state index is 0.00978. The fraction of sp³-hybridized carbons (Fsp3) is 0.300. The summed E-state index contributed by atoms with van der Waals surface area (Å²) in [5.41, 5.74) is 1.14. The highest BCUT2D eigenvalue weighted by Crippen LogP contribution is 2.33. The summed E-state index contributed by atoms with van der Waals surface area (Å²) in [6.07, 6.45) is -0.802. The van der Waals surface area contributed by atoms with E-state index in [0.29, 0.717) is 41.8 Å². The van der Waals surface area contributed by atoms with E-state index in [2.05, 4.69) is 10.1 Å². The Hall–Kier alpha value is -4.94. The quantitative estimate of drug-likeness (QED) is 0.329. The van der Waals surface area contributed by atoms with Crippen molar-refractivity contribution in [2.45, 2.75) is 31.5 Å². The number of benzene rings is 1. The van der Waals surface area contributed by atoms with Crippen LogP contribution in [-0.4, -0.2) is 66.6 Å². The Bertz CT molecular complexity index is 1940. The number of aromatic amines is 1. The molecule has 1 N–H and O–H groups in total. The minimum Gasteiger partial charge on any atom is -0.345 e. The van der Waals surface area contributed by atoms with Crippen LogP contribution in [0.5, 0.6) is 0 Å². The molecule has 1 aliphatic heterocycles. The van der Waals surface area contributed by atoms with Crippen LogP contribution in [0.4, 0.5) is 13.2 Å². The number of piperidine rings is 1. The second-order valence-corrected chi connectivity index (χ2v) is 10.9. The van der Waals surface area contributed by atoms with Gasteiger partial charge >= 0.3 is 6.18 Å². The maximum atomic E-state index is 13.5. The Morgan fingerprint density at radius 2 is 1.86 bits per heavy atom. The number of nitrogens with zero attached hydrogens (tertiary/aromatic N) is 6. The number of halogens is 3. The Labute approximate surface area is 243 Å². The summed E-state index contributed by atoms with van der Waals surface area (Å²) in [5.74, 6) is -0.0493. The van der Waals surface area contributed by atoms with E-state index in [0.717, 1.165) is 22.2 Å². The molecule has 0 aliphatic carbocycles. The number of rotatable bonds is 5. The van der Waals surface area contributed by atoms with Gasteiger partial charge in [0.2, 0.25) is 5.91 Å². The summed E-state index contributed by atoms with van der Waals surface area (Å²) in [6.45, 7) is 0.836. The Morgan fingerprint density at radius 3 is 2.53 bits per heavy atom. The van der Waals surface area contributed by atoms with Crippen molar-refractivity contribution in [3.8, 4) is 5.69 Å². The van der Waals surface area contributed by atoms with Crippen molar-refractivity contribution in [1.82, 2.24) is 34.1 Å². The van der Waals surface area contributed by atoms with Crippen molar-refractivity contribution < 1.29 is 22.8 Å². The van der Waals surface area contributed by atoms with Crippen molar-refractivity contribution in [3.63, 3.8) is 0 Å². The number of hydrogen-bond acceptors (Lipinski definition) is 5. The number of alkyl halides is 3. The molecule has 1 aliphatic rings. The topological polar surface area (TPSA) is 109 Å². The number of fused-ring (bicyclic) bond motifs is 2. The predicted octanol–water partition coefficient (Wildman–Crippen LogP) is 4.23. The van der Waals surface area contributed by atoms with Crippen molar-refractivity contribution in [2.24, 2.45) is 7.05 Å². The Kier molecular flexibility index (Phi) is 6.82. The van der Waals surface area contributed by atoms with Crippen molar-refractivity contribution >= 4 is 33.8 Å². The number of hydrogen-bond donors (Lipinski definition) is 1. The number of aromatic nitrogens is 5. The van der Waals surface area contributed by atoms with Gasteiger partial charge in [-0.15, -0.1) is 0 Å². The molecular weight excluding hydrogens is 563 g/mol. The average molecular weight is 592 g/mol. The van der Waals surface area contributed by atoms with Crippen molar-refractivity contribution in [2.75, 3.05) is 20.6 Å². The van der Waals surface area contributed by atoms with E-state index in [1.807, 2.05) is 27.9 Å². The average Bonchev–Trinajstić information content (AvgIpc) is 3.56. The molecule has 1 saturated heterocycles. The lowest BCUT2D eigenvalue weighted by molar-refractivity contribution is -0.140. The van der Waals surface area contributed by atoms with Gasteiger partial charge in [-0.1, -0.05) is 12.1 Å². The van der Waals surface area contributed by atoms with Crippen LogP contribution in [0.2, 0.25) is 0 Å². The highest BCUT2D eigenvalue weighted by atomic mass is 19.4. The first-order valence-electron chi connectivity index (χ1n) is 13.6. The molecule has 0 radical (unpaired) electrons. The summed E-state index contributed by atoms with van der Waals surface area (Å²) < 4.78 is 43.6. The van der Waals surface area contributed by atoms with Gasteiger partial charge in [-0.3, -0.25) is 24.0 Å². The van der Waals surface area contributed by atoms with Crippen LogP contribution in [0.15, 0.2) is 59.7 Å². The zero-order valence-electron chi connectivity index (χ0n) is 23.6. The molecule has 2 amide bonds. The number of carbonyl (C=O) groups excluding carboxylic acids is 2. The molecule has 222 valence electrons. The molecule has 6 rings (SSSR count). The van der Waals surface area contributed by atoms with Gasteiger partial charge in [-0.05, 0) is 48.2 Å². The fourth-order valence-electron chi connectivity index (χ4n) is 5.72. The third-order valence-corrected chi connectivity index (χ3v) is 8.07. The molecular formula is C30H28F3N7O3. The van der Waals surface area contributed by atoms with E-state index in [4.69, 9.17) is 0 Å². The van der Waals surface area contributed by atoms with E-state index in [-0.39, 0.29) is 23.2 Å². The summed E-state index contributed by atoms with van der Waals surface area (Å²) in [4.78, 5) is 46.4. The van der Waals surface area contributed by atoms with Crippen LogP contribution in [0, 0.1) is 0 Å². The number of amides is 2. The monoisotopic (exact) mass is 591 g/mol. The zero-order valence-corrected chi connectivity index (χ0v) is 23.6. The van der Waals surface area contributed by atoms with Gasteiger partial charge < -0.3 is 14.4 Å². The zero-order chi connectivity index (χ0) is 30.6. The first-order valence-corrected chi connectivity index (χ1v) is 13.6. The predicted molar refractivity (Wildman–Crippen MR) is 153 cm³/mol. The standard InChI is InChI=1S/C30H28F3N7O3/c1-37(2)28(42)18-6-4-17(5-7-18)19-9-12-39(24(41)14-19)16-20-15-21-23(8-11-34-27(21)38(20)3)40-13-10-22-25(29(40)43)26(36-35-22)30(31,32)33/h4-8,10-11,13,15,19H,9,12,14,16H2,1-3H3,(H,35,36). The summed E-state index contributed by atoms with van der Waals surface area (Å²) in [7, 11) is 5.19. The smallest absolute Gasteiger partial charge is 0.345 e. The molecule has 1 atom stereocenters. The van der Waals surface area contributed by atoms with Crippen LogP contribution < -0.4 is 5.56 Å². The molecule has 0 bridgehead atoms. The van der Waals surface area contributed by atoms with E-state index in [1.165, 1.54) is 23.4 Å². The van der Waals surface area contributed by atoms with E-state index < -0.39 is 22.8 Å². The van der Waals surface area contributed by atoms with Crippen LogP contribution in [0.3, 0.4) is 0 Å². The second-order valence-electron chi connectivity index (χ2n) is 10.9. The molecule has 1 unspecified atom stereocenters. The number of H-pyrrole nitrogens is 1. The lowest BCUT2D eigenvalue weighted by atomic mass is 9.88. The van der Waals surface area contributed by atoms with Crippen molar-refractivity contribution in [1.29, 1.82) is 0 Å². The fourth-order valence-corrected chi connectivity index (χ4v) is 5.72. The van der Waals surface area contributed by atoms with Gasteiger partial charge in [-0.2, -0.15) is 18.3 Å². The molecule has 0 saturated carbocycles. The highest BCUT2D eigenvalue weighted by Gasteiger charge is 2.36. The Morgan fingerprint density at radius 1 is 1.12 bits per heavy atom. The minimum atomic E-state index is -4.77. The summed E-state index contributed by atoms with van der Waals surface area (Å²) >= 11 is 0. The third kappa shape index (κ3) is 4.94. The molecule has 10 nitrogen and oxygen atoms in total. The third-order valence-electron chi connectivity index (χ3n) is 8.07. The van der Waals surface area contributed by atoms with E-state index in [1.54, 1.807) is 44.2 Å². The van der Waals surface area contributed by atoms with Gasteiger partial charge in [0.15, 0.2) is 5.69 Å². The lowest BCUT2D eigenvalue weighted by Gasteiger charge is -2.32. The first-order chi connectivity index (χ1) is 20.4. The molecule has 13 heteroatoms. The lowest BCUT2D eigenvalue weighted by Crippen LogP contribution is -2.38. The van der Waals surface area contributed by atoms with Gasteiger partial charge in [0.25, 0.3) is 11.5 Å². The molecule has 1 fully saturated rings. The number of likely N-dealkylation sites (tertiary alicyclic amines) is 1. The van der Waals surface area contributed by atoms with Crippen LogP contribution in [0.25, 0.3) is 27.6 Å². The van der Waals surface area contributed by atoms with Crippen LogP contribution >= 0.6 is 0 Å². The maximum absolute atomic E-state index is 13.5. The molecule has 4 aromatic heterocycles. The van der Waals surface area contributed by atoms with Crippen LogP contribution in [0.1, 0.15) is 46.1 Å². The maximum Gasteiger partial charge on any atom is 0.433 e. The van der Waals surface area contributed by atoms with Gasteiger partial charge in [0.1, 0.15) is 5.65 Å². The van der Waals surface area contributed by atoms with E-state index in [9.17, 15) is 27.6 Å². The molecule has 43 heavy (non-hydrogen) atoms. The largest absolute Gasteiger partial charge is 0.433 e. The number of pyridine rings is 2. The highest BCUT2D eigenvalue weighted by molar-refractivity contribution is 5.94. The number of aryl methyl sites for hydroxylation is 1. The summed E-state index contributed by atoms with van der Waals surface area (Å²) in [6, 6.07) is 12.1. The summed E-state index contributed by atoms with van der Waals surface area (Å²) in [5, 5.41) is 5.61. The van der Waals surface area contributed by atoms with E-state index >= 15 is 0 Å².